The molecule has 1 rings (SSSR count). The molecular weight excluding hydrogens is 276 g/mol. The highest BCUT2D eigenvalue weighted by molar-refractivity contribution is 7.92. The van der Waals surface area contributed by atoms with Crippen molar-refractivity contribution in [2.24, 2.45) is 5.73 Å². The van der Waals surface area contributed by atoms with Gasteiger partial charge in [-0.05, 0) is 50.1 Å². The number of carbonyl (C=O) groups is 1. The Hall–Kier alpha value is -1.40. The van der Waals surface area contributed by atoms with Crippen LogP contribution in [0.2, 0.25) is 0 Å². The molecule has 0 aliphatic rings. The van der Waals surface area contributed by atoms with Crippen molar-refractivity contribution < 1.29 is 13.2 Å². The molecule has 0 aliphatic heterocycles. The van der Waals surface area contributed by atoms with Crippen LogP contribution >= 0.6 is 0 Å². The maximum atomic E-state index is 12.2. The zero-order chi connectivity index (χ0) is 15.3. The van der Waals surface area contributed by atoms with Crippen LogP contribution in [0.15, 0.2) is 23.1 Å². The minimum absolute atomic E-state index is 0.196. The number of hydrogen-bond acceptors (Lipinski definition) is 4. The molecule has 112 valence electrons. The van der Waals surface area contributed by atoms with Crippen LogP contribution in [-0.4, -0.2) is 45.1 Å². The van der Waals surface area contributed by atoms with E-state index in [1.165, 1.54) is 4.90 Å². The number of sulfone groups is 1. The summed E-state index contributed by atoms with van der Waals surface area (Å²) in [5.41, 5.74) is 7.29. The van der Waals surface area contributed by atoms with E-state index < -0.39 is 21.5 Å². The van der Waals surface area contributed by atoms with Crippen LogP contribution in [0.4, 0.5) is 0 Å². The molecule has 0 fully saturated rings. The molecule has 20 heavy (non-hydrogen) atoms. The lowest BCUT2D eigenvalue weighted by Gasteiger charge is -2.16. The molecule has 6 heteroatoms. The van der Waals surface area contributed by atoms with Gasteiger partial charge in [-0.2, -0.15) is 0 Å². The van der Waals surface area contributed by atoms with Crippen LogP contribution in [0, 0.1) is 13.8 Å². The van der Waals surface area contributed by atoms with Gasteiger partial charge in [0.2, 0.25) is 5.91 Å². The topological polar surface area (TPSA) is 80.5 Å². The quantitative estimate of drug-likeness (QED) is 0.845. The van der Waals surface area contributed by atoms with Crippen LogP contribution in [0.1, 0.15) is 17.5 Å². The van der Waals surface area contributed by atoms with E-state index >= 15 is 0 Å². The Bertz CT molecular complexity index is 582. The molecule has 2 N–H and O–H groups in total. The van der Waals surface area contributed by atoms with Crippen molar-refractivity contribution in [3.05, 3.63) is 29.3 Å². The van der Waals surface area contributed by atoms with E-state index in [2.05, 4.69) is 0 Å². The highest BCUT2D eigenvalue weighted by Crippen LogP contribution is 2.16. The lowest BCUT2D eigenvalue weighted by Crippen LogP contribution is -2.34. The number of amides is 1. The molecule has 0 bridgehead atoms. The number of hydrogen-bond donors (Lipinski definition) is 1. The van der Waals surface area contributed by atoms with E-state index in [0.29, 0.717) is 19.5 Å². The first-order valence-electron chi connectivity index (χ1n) is 6.52. The Morgan fingerprint density at radius 2 is 1.90 bits per heavy atom. The monoisotopic (exact) mass is 298 g/mol. The van der Waals surface area contributed by atoms with E-state index in [0.717, 1.165) is 11.1 Å². The molecule has 0 atom stereocenters. The van der Waals surface area contributed by atoms with Crippen LogP contribution in [0.5, 0.6) is 0 Å². The highest BCUT2D eigenvalue weighted by Gasteiger charge is 2.21. The minimum atomic E-state index is -3.59. The van der Waals surface area contributed by atoms with Crippen molar-refractivity contribution in [2.45, 2.75) is 25.2 Å². The summed E-state index contributed by atoms with van der Waals surface area (Å²) in [7, 11) is -2.00. The van der Waals surface area contributed by atoms with Crippen molar-refractivity contribution in [1.29, 1.82) is 0 Å². The normalized spacial score (nSPS) is 11.4. The van der Waals surface area contributed by atoms with E-state index in [9.17, 15) is 13.2 Å². The van der Waals surface area contributed by atoms with E-state index in [-0.39, 0.29) is 4.90 Å². The van der Waals surface area contributed by atoms with Gasteiger partial charge in [0.25, 0.3) is 0 Å². The molecule has 0 heterocycles. The van der Waals surface area contributed by atoms with Gasteiger partial charge in [-0.25, -0.2) is 8.42 Å². The van der Waals surface area contributed by atoms with Gasteiger partial charge in [0.1, 0.15) is 5.75 Å². The summed E-state index contributed by atoms with van der Waals surface area (Å²) in [6.45, 7) is 4.71. The molecule has 0 aliphatic carbocycles. The first-order chi connectivity index (χ1) is 9.27. The molecular formula is C14H22N2O3S. The Morgan fingerprint density at radius 3 is 2.45 bits per heavy atom. The van der Waals surface area contributed by atoms with Crippen molar-refractivity contribution in [3.63, 3.8) is 0 Å². The predicted molar refractivity (Wildman–Crippen MR) is 79.3 cm³/mol. The van der Waals surface area contributed by atoms with Gasteiger partial charge in [-0.3, -0.25) is 4.79 Å². The summed E-state index contributed by atoms with van der Waals surface area (Å²) in [5.74, 6) is -0.909. The molecule has 5 nitrogen and oxygen atoms in total. The molecule has 0 saturated heterocycles. The van der Waals surface area contributed by atoms with Gasteiger partial charge >= 0.3 is 0 Å². The molecule has 1 aromatic rings. The first kappa shape index (κ1) is 16.7. The molecule has 0 saturated carbocycles. The fraction of sp³-hybridized carbons (Fsp3) is 0.500. The Balaban J connectivity index is 2.84. The molecule has 0 spiro atoms. The zero-order valence-electron chi connectivity index (χ0n) is 12.2. The van der Waals surface area contributed by atoms with Crippen molar-refractivity contribution >= 4 is 15.7 Å². The van der Waals surface area contributed by atoms with Crippen molar-refractivity contribution in [1.82, 2.24) is 4.90 Å². The molecule has 1 aromatic carbocycles. The average molecular weight is 298 g/mol. The molecule has 0 unspecified atom stereocenters. The summed E-state index contributed by atoms with van der Waals surface area (Å²) >= 11 is 0. The second-order valence-electron chi connectivity index (χ2n) is 4.96. The first-order valence-corrected chi connectivity index (χ1v) is 8.17. The zero-order valence-corrected chi connectivity index (χ0v) is 13.0. The molecule has 0 aromatic heterocycles. The third kappa shape index (κ3) is 4.31. The van der Waals surface area contributed by atoms with Gasteiger partial charge in [0.05, 0.1) is 4.90 Å². The minimum Gasteiger partial charge on any atom is -0.345 e. The Kier molecular flexibility index (Phi) is 5.71. The van der Waals surface area contributed by atoms with E-state index in [1.807, 2.05) is 13.8 Å². The number of carbonyl (C=O) groups excluding carboxylic acids is 1. The van der Waals surface area contributed by atoms with Gasteiger partial charge in [-0.1, -0.05) is 6.07 Å². The molecule has 1 amide bonds. The van der Waals surface area contributed by atoms with Gasteiger partial charge in [0, 0.05) is 13.6 Å². The number of benzene rings is 1. The highest BCUT2D eigenvalue weighted by atomic mass is 32.2. The maximum Gasteiger partial charge on any atom is 0.237 e. The van der Waals surface area contributed by atoms with Crippen LogP contribution in [-0.2, 0) is 14.6 Å². The average Bonchev–Trinajstić information content (AvgIpc) is 2.38. The fourth-order valence-electron chi connectivity index (χ4n) is 1.72. The summed E-state index contributed by atoms with van der Waals surface area (Å²) in [4.78, 5) is 13.5. The third-order valence-corrected chi connectivity index (χ3v) is 4.87. The van der Waals surface area contributed by atoms with Gasteiger partial charge in [-0.15, -0.1) is 0 Å². The van der Waals surface area contributed by atoms with Crippen LogP contribution < -0.4 is 5.73 Å². The van der Waals surface area contributed by atoms with E-state index in [1.54, 1.807) is 25.2 Å². The van der Waals surface area contributed by atoms with Crippen molar-refractivity contribution in [2.75, 3.05) is 25.9 Å². The predicted octanol–water partition coefficient (Wildman–Crippen LogP) is 0.884. The summed E-state index contributed by atoms with van der Waals surface area (Å²) in [5, 5.41) is 0. The largest absolute Gasteiger partial charge is 0.345 e. The summed E-state index contributed by atoms with van der Waals surface area (Å²) in [6.07, 6.45) is 0.659. The summed E-state index contributed by atoms with van der Waals surface area (Å²) in [6, 6.07) is 4.91. The smallest absolute Gasteiger partial charge is 0.237 e. The van der Waals surface area contributed by atoms with Gasteiger partial charge < -0.3 is 10.6 Å². The van der Waals surface area contributed by atoms with Gasteiger partial charge in [0.15, 0.2) is 9.84 Å². The third-order valence-electron chi connectivity index (χ3n) is 3.27. The Morgan fingerprint density at radius 1 is 1.25 bits per heavy atom. The second kappa shape index (κ2) is 6.85. The van der Waals surface area contributed by atoms with Crippen molar-refractivity contribution in [3.8, 4) is 0 Å². The standard InChI is InChI=1S/C14H22N2O3S/c1-11-5-6-13(9-12(11)2)20(18,19)10-14(17)16(3)8-4-7-15/h5-6,9H,4,7-8,10,15H2,1-3H3. The lowest BCUT2D eigenvalue weighted by molar-refractivity contribution is -0.127. The fourth-order valence-corrected chi connectivity index (χ4v) is 3.06. The second-order valence-corrected chi connectivity index (χ2v) is 6.95. The number of aryl methyl sites for hydroxylation is 2. The van der Waals surface area contributed by atoms with Crippen LogP contribution in [0.3, 0.4) is 0 Å². The SMILES string of the molecule is Cc1ccc(S(=O)(=O)CC(=O)N(C)CCCN)cc1C. The number of nitrogens with zero attached hydrogens (tertiary/aromatic N) is 1. The number of rotatable bonds is 6. The molecule has 0 radical (unpaired) electrons. The van der Waals surface area contributed by atoms with E-state index in [4.69, 9.17) is 5.73 Å². The number of nitrogens with two attached hydrogens (primary N) is 1. The van der Waals surface area contributed by atoms with Crippen LogP contribution in [0.25, 0.3) is 0 Å². The lowest BCUT2D eigenvalue weighted by atomic mass is 10.1. The maximum absolute atomic E-state index is 12.2. The Labute approximate surface area is 120 Å². The summed E-state index contributed by atoms with van der Waals surface area (Å²) < 4.78 is 24.4.